The van der Waals surface area contributed by atoms with Crippen molar-refractivity contribution in [2.45, 2.75) is 57.0 Å². The van der Waals surface area contributed by atoms with E-state index in [-0.39, 0.29) is 6.04 Å². The number of ether oxygens (including phenoxy) is 1. The summed E-state index contributed by atoms with van der Waals surface area (Å²) in [7, 11) is 0. The molecule has 3 atom stereocenters. The molecule has 7 heteroatoms. The van der Waals surface area contributed by atoms with Gasteiger partial charge in [-0.05, 0) is 83.5 Å². The number of likely N-dealkylation sites (tertiary alicyclic amines) is 1. The minimum atomic E-state index is 0.0436. The first-order valence-electron chi connectivity index (χ1n) is 15.8. The van der Waals surface area contributed by atoms with Crippen LogP contribution in [0, 0.1) is 11.8 Å². The van der Waals surface area contributed by atoms with Crippen molar-refractivity contribution in [1.82, 2.24) is 24.8 Å². The van der Waals surface area contributed by atoms with Crippen molar-refractivity contribution in [3.05, 3.63) is 85.2 Å². The maximum absolute atomic E-state index is 13.7. The van der Waals surface area contributed by atoms with Crippen molar-refractivity contribution in [2.75, 3.05) is 13.2 Å². The standard InChI is InChI=1S/C36H37N5O2/c42-35(16-23-12-14-43-15-13-23)41-33-3-1-2-30(33)19-34(41)36-38-21-32(40-36)25-6-4-24(5-7-25)26-8-9-28-18-29(11-10-27(28)17-26)31-20-37-22-39-31/h4-11,17-18,20-23,30,33-34H,1-3,12-16,19H2,(H,37,39)(H,38,40)/t30-,33-,34-/m0/s1. The molecule has 8 rings (SSSR count). The molecule has 0 spiro atoms. The first kappa shape index (κ1) is 26.4. The van der Waals surface area contributed by atoms with E-state index in [1.165, 1.54) is 34.7 Å². The number of carbonyl (C=O) groups is 1. The molecule has 0 radical (unpaired) electrons. The number of benzene rings is 3. The lowest BCUT2D eigenvalue weighted by molar-refractivity contribution is -0.136. The molecular formula is C36H37N5O2. The first-order chi connectivity index (χ1) is 21.2. The lowest BCUT2D eigenvalue weighted by atomic mass is 9.95. The molecule has 2 N–H and O–H groups in total. The van der Waals surface area contributed by atoms with E-state index in [1.807, 2.05) is 12.4 Å². The molecule has 218 valence electrons. The Balaban J connectivity index is 1.00. The Morgan fingerprint density at radius 1 is 0.837 bits per heavy atom. The first-order valence-corrected chi connectivity index (χ1v) is 15.8. The van der Waals surface area contributed by atoms with E-state index in [2.05, 4.69) is 80.5 Å². The van der Waals surface area contributed by atoms with Crippen molar-refractivity contribution in [3.8, 4) is 33.6 Å². The van der Waals surface area contributed by atoms with Gasteiger partial charge in [-0.1, -0.05) is 55.0 Å². The van der Waals surface area contributed by atoms with Crippen molar-refractivity contribution in [3.63, 3.8) is 0 Å². The Morgan fingerprint density at radius 3 is 2.37 bits per heavy atom. The smallest absolute Gasteiger partial charge is 0.223 e. The van der Waals surface area contributed by atoms with E-state index < -0.39 is 0 Å². The third-order valence-corrected chi connectivity index (χ3v) is 10.0. The van der Waals surface area contributed by atoms with Gasteiger partial charge in [-0.2, -0.15) is 0 Å². The number of imidazole rings is 2. The maximum Gasteiger partial charge on any atom is 0.223 e. The average Bonchev–Trinajstić information content (AvgIpc) is 3.86. The third kappa shape index (κ3) is 5.06. The van der Waals surface area contributed by atoms with Crippen LogP contribution in [0.1, 0.15) is 56.8 Å². The SMILES string of the molecule is O=C(CC1CCOCC1)N1[C@H](c2ncc(-c3ccc(-c4ccc5cc(-c6cnc[nH]6)ccc5c4)cc3)[nH]2)C[C@@H]2CCC[C@@H]21. The van der Waals surface area contributed by atoms with Gasteiger partial charge < -0.3 is 19.6 Å². The third-order valence-electron chi connectivity index (χ3n) is 10.0. The number of aromatic nitrogens is 4. The van der Waals surface area contributed by atoms with Crippen LogP contribution in [0.15, 0.2) is 79.4 Å². The number of aromatic amines is 2. The highest BCUT2D eigenvalue weighted by atomic mass is 16.5. The molecule has 3 aliphatic rings. The van der Waals surface area contributed by atoms with Gasteiger partial charge in [0.25, 0.3) is 0 Å². The fourth-order valence-corrected chi connectivity index (χ4v) is 7.70. The van der Waals surface area contributed by atoms with Crippen LogP contribution < -0.4 is 0 Å². The van der Waals surface area contributed by atoms with Crippen LogP contribution >= 0.6 is 0 Å². The lowest BCUT2D eigenvalue weighted by Crippen LogP contribution is -2.39. The van der Waals surface area contributed by atoms with Gasteiger partial charge in [0, 0.05) is 31.2 Å². The van der Waals surface area contributed by atoms with Crippen LogP contribution in [0.25, 0.3) is 44.4 Å². The zero-order valence-corrected chi connectivity index (χ0v) is 24.3. The Kier molecular flexibility index (Phi) is 6.83. The summed E-state index contributed by atoms with van der Waals surface area (Å²) in [5.74, 6) is 2.27. The fraction of sp³-hybridized carbons (Fsp3) is 0.361. The summed E-state index contributed by atoms with van der Waals surface area (Å²) < 4.78 is 5.53. The van der Waals surface area contributed by atoms with E-state index in [1.54, 1.807) is 6.33 Å². The summed E-state index contributed by atoms with van der Waals surface area (Å²) >= 11 is 0. The Morgan fingerprint density at radius 2 is 1.58 bits per heavy atom. The maximum atomic E-state index is 13.7. The fourth-order valence-electron chi connectivity index (χ4n) is 7.70. The molecule has 7 nitrogen and oxygen atoms in total. The second-order valence-electron chi connectivity index (χ2n) is 12.6. The molecule has 3 aromatic carbocycles. The van der Waals surface area contributed by atoms with E-state index >= 15 is 0 Å². The molecule has 1 aliphatic carbocycles. The summed E-state index contributed by atoms with van der Waals surface area (Å²) in [6, 6.07) is 22.2. The van der Waals surface area contributed by atoms with Crippen molar-refractivity contribution < 1.29 is 9.53 Å². The lowest BCUT2D eigenvalue weighted by Gasteiger charge is -2.31. The van der Waals surface area contributed by atoms with E-state index in [9.17, 15) is 4.79 Å². The monoisotopic (exact) mass is 571 g/mol. The van der Waals surface area contributed by atoms with Crippen molar-refractivity contribution >= 4 is 16.7 Å². The van der Waals surface area contributed by atoms with Gasteiger partial charge in [0.15, 0.2) is 0 Å². The normalized spacial score (nSPS) is 22.3. The number of amides is 1. The van der Waals surface area contributed by atoms with Gasteiger partial charge >= 0.3 is 0 Å². The summed E-state index contributed by atoms with van der Waals surface area (Å²) in [5.41, 5.74) is 6.62. The minimum absolute atomic E-state index is 0.0436. The van der Waals surface area contributed by atoms with Crippen LogP contribution in [0.2, 0.25) is 0 Å². The molecule has 3 fully saturated rings. The second kappa shape index (κ2) is 11.1. The van der Waals surface area contributed by atoms with Crippen LogP contribution in [-0.2, 0) is 9.53 Å². The van der Waals surface area contributed by atoms with E-state index in [0.717, 1.165) is 67.2 Å². The number of nitrogens with zero attached hydrogens (tertiary/aromatic N) is 3. The predicted molar refractivity (Wildman–Crippen MR) is 168 cm³/mol. The Labute approximate surface area is 251 Å². The predicted octanol–water partition coefficient (Wildman–Crippen LogP) is 7.55. The highest BCUT2D eigenvalue weighted by molar-refractivity contribution is 5.90. The van der Waals surface area contributed by atoms with Gasteiger partial charge in [0.2, 0.25) is 5.91 Å². The van der Waals surface area contributed by atoms with E-state index in [0.29, 0.717) is 30.2 Å². The number of rotatable bonds is 6. The molecular weight excluding hydrogens is 534 g/mol. The highest BCUT2D eigenvalue weighted by Crippen LogP contribution is 2.47. The van der Waals surface area contributed by atoms with E-state index in [4.69, 9.17) is 9.72 Å². The van der Waals surface area contributed by atoms with Crippen LogP contribution in [0.4, 0.5) is 0 Å². The number of H-pyrrole nitrogens is 2. The Hall–Kier alpha value is -4.23. The zero-order valence-electron chi connectivity index (χ0n) is 24.3. The summed E-state index contributed by atoms with van der Waals surface area (Å²) in [5, 5.41) is 2.41. The number of carbonyl (C=O) groups excluding carboxylic acids is 1. The molecule has 0 bridgehead atoms. The molecule has 1 amide bonds. The molecule has 43 heavy (non-hydrogen) atoms. The number of hydrogen-bond acceptors (Lipinski definition) is 4. The van der Waals surface area contributed by atoms with Crippen LogP contribution in [0.3, 0.4) is 0 Å². The summed E-state index contributed by atoms with van der Waals surface area (Å²) in [6.07, 6.45) is 12.7. The number of hydrogen-bond donors (Lipinski definition) is 2. The largest absolute Gasteiger partial charge is 0.381 e. The van der Waals surface area contributed by atoms with Gasteiger partial charge in [0.1, 0.15) is 5.82 Å². The van der Waals surface area contributed by atoms with Gasteiger partial charge in [-0.25, -0.2) is 9.97 Å². The highest BCUT2D eigenvalue weighted by Gasteiger charge is 2.47. The second-order valence-corrected chi connectivity index (χ2v) is 12.6. The number of fused-ring (bicyclic) bond motifs is 2. The zero-order chi connectivity index (χ0) is 28.8. The number of nitrogens with one attached hydrogen (secondary N) is 2. The molecule has 1 saturated carbocycles. The molecule has 0 unspecified atom stereocenters. The van der Waals surface area contributed by atoms with Gasteiger partial charge in [-0.15, -0.1) is 0 Å². The topological polar surface area (TPSA) is 86.9 Å². The molecule has 4 heterocycles. The van der Waals surface area contributed by atoms with Crippen molar-refractivity contribution in [2.24, 2.45) is 11.8 Å². The summed E-state index contributed by atoms with van der Waals surface area (Å²) in [6.45, 7) is 1.56. The Bertz CT molecular complexity index is 1740. The van der Waals surface area contributed by atoms with Crippen molar-refractivity contribution in [1.29, 1.82) is 0 Å². The quantitative estimate of drug-likeness (QED) is 0.220. The molecule has 2 aromatic heterocycles. The van der Waals surface area contributed by atoms with Crippen LogP contribution in [0.5, 0.6) is 0 Å². The molecule has 2 aliphatic heterocycles. The van der Waals surface area contributed by atoms with Crippen LogP contribution in [-0.4, -0.2) is 50.0 Å². The van der Waals surface area contributed by atoms with Gasteiger partial charge in [-0.3, -0.25) is 4.79 Å². The average molecular weight is 572 g/mol. The van der Waals surface area contributed by atoms with Gasteiger partial charge in [0.05, 0.1) is 36.2 Å². The molecule has 5 aromatic rings. The summed E-state index contributed by atoms with van der Waals surface area (Å²) in [4.78, 5) is 31.7. The minimum Gasteiger partial charge on any atom is -0.381 e. The molecule has 2 saturated heterocycles.